The number of anilines is 1. The minimum atomic E-state index is 0.0116. The van der Waals surface area contributed by atoms with Gasteiger partial charge >= 0.3 is 0 Å². The van der Waals surface area contributed by atoms with Gasteiger partial charge in [0, 0.05) is 22.4 Å². The first kappa shape index (κ1) is 16.0. The van der Waals surface area contributed by atoms with E-state index in [1.165, 1.54) is 32.1 Å². The van der Waals surface area contributed by atoms with Crippen LogP contribution in [0.1, 0.15) is 38.5 Å². The number of halogens is 2. The molecule has 1 aliphatic carbocycles. The summed E-state index contributed by atoms with van der Waals surface area (Å²) in [6.45, 7) is 0. The van der Waals surface area contributed by atoms with Crippen LogP contribution < -0.4 is 5.32 Å². The van der Waals surface area contributed by atoms with Crippen LogP contribution in [0.4, 0.5) is 5.69 Å². The highest BCUT2D eigenvalue weighted by Crippen LogP contribution is 2.29. The van der Waals surface area contributed by atoms with Crippen molar-refractivity contribution in [3.8, 4) is 0 Å². The first-order valence-electron chi connectivity index (χ1n) is 7.01. The van der Waals surface area contributed by atoms with E-state index < -0.39 is 0 Å². The summed E-state index contributed by atoms with van der Waals surface area (Å²) in [5.41, 5.74) is 0.628. The van der Waals surface area contributed by atoms with E-state index in [-0.39, 0.29) is 5.91 Å². The Morgan fingerprint density at radius 3 is 2.70 bits per heavy atom. The lowest BCUT2D eigenvalue weighted by Gasteiger charge is -2.20. The predicted molar refractivity (Wildman–Crippen MR) is 89.0 cm³/mol. The fraction of sp³-hybridized carbons (Fsp3) is 0.533. The molecule has 0 spiro atoms. The van der Waals surface area contributed by atoms with E-state index >= 15 is 0 Å². The SMILES string of the molecule is O=C(CCSC1CCCCC1)Nc1ccc(Cl)cc1Cl. The Balaban J connectivity index is 1.72. The van der Waals surface area contributed by atoms with Gasteiger partial charge < -0.3 is 5.32 Å². The molecule has 0 unspecified atom stereocenters. The lowest BCUT2D eigenvalue weighted by Crippen LogP contribution is -2.14. The molecule has 1 saturated carbocycles. The zero-order chi connectivity index (χ0) is 14.4. The molecule has 2 nitrogen and oxygen atoms in total. The molecule has 0 saturated heterocycles. The van der Waals surface area contributed by atoms with Gasteiger partial charge in [-0.05, 0) is 31.0 Å². The molecule has 1 N–H and O–H groups in total. The second kappa shape index (κ2) is 8.16. The van der Waals surface area contributed by atoms with Gasteiger partial charge in [-0.15, -0.1) is 0 Å². The fourth-order valence-electron chi connectivity index (χ4n) is 2.35. The van der Waals surface area contributed by atoms with Crippen molar-refractivity contribution in [2.45, 2.75) is 43.8 Å². The van der Waals surface area contributed by atoms with E-state index in [1.807, 2.05) is 11.8 Å². The number of benzene rings is 1. The second-order valence-electron chi connectivity index (χ2n) is 5.05. The lowest BCUT2D eigenvalue weighted by molar-refractivity contribution is -0.115. The number of nitrogens with one attached hydrogen (secondary N) is 1. The van der Waals surface area contributed by atoms with E-state index in [0.29, 0.717) is 22.2 Å². The number of carbonyl (C=O) groups excluding carboxylic acids is 1. The van der Waals surface area contributed by atoms with E-state index in [2.05, 4.69) is 5.32 Å². The van der Waals surface area contributed by atoms with Crippen LogP contribution in [0.25, 0.3) is 0 Å². The van der Waals surface area contributed by atoms with Crippen molar-refractivity contribution in [1.29, 1.82) is 0 Å². The first-order valence-corrected chi connectivity index (χ1v) is 8.82. The summed E-state index contributed by atoms with van der Waals surface area (Å²) in [4.78, 5) is 11.9. The molecule has 1 aromatic rings. The van der Waals surface area contributed by atoms with Crippen molar-refractivity contribution in [3.05, 3.63) is 28.2 Å². The minimum absolute atomic E-state index is 0.0116. The average molecular weight is 332 g/mol. The van der Waals surface area contributed by atoms with Crippen molar-refractivity contribution in [3.63, 3.8) is 0 Å². The normalized spacial score (nSPS) is 16.1. The topological polar surface area (TPSA) is 29.1 Å². The standard InChI is InChI=1S/C15H19Cl2NOS/c16-11-6-7-14(13(17)10-11)18-15(19)8-9-20-12-4-2-1-3-5-12/h6-7,10,12H,1-5,8-9H2,(H,18,19). The Bertz CT molecular complexity index is 461. The molecule has 110 valence electrons. The molecule has 5 heteroatoms. The molecule has 0 bridgehead atoms. The maximum absolute atomic E-state index is 11.9. The third kappa shape index (κ3) is 5.19. The third-order valence-corrected chi connectivity index (χ3v) is 5.37. The molecule has 0 atom stereocenters. The molecule has 20 heavy (non-hydrogen) atoms. The number of hydrogen-bond donors (Lipinski definition) is 1. The van der Waals surface area contributed by atoms with Crippen LogP contribution in [-0.2, 0) is 4.79 Å². The average Bonchev–Trinajstić information content (AvgIpc) is 2.43. The molecule has 0 aliphatic heterocycles. The van der Waals surface area contributed by atoms with Gasteiger partial charge in [-0.1, -0.05) is 42.5 Å². The molecule has 1 aromatic carbocycles. The van der Waals surface area contributed by atoms with Crippen LogP contribution >= 0.6 is 35.0 Å². The Labute approximate surface area is 134 Å². The van der Waals surface area contributed by atoms with Gasteiger partial charge in [-0.2, -0.15) is 11.8 Å². The Morgan fingerprint density at radius 1 is 1.25 bits per heavy atom. The number of thioether (sulfide) groups is 1. The lowest BCUT2D eigenvalue weighted by atomic mass is 10.0. The van der Waals surface area contributed by atoms with Crippen molar-refractivity contribution < 1.29 is 4.79 Å². The summed E-state index contributed by atoms with van der Waals surface area (Å²) in [6.07, 6.45) is 7.17. The highest BCUT2D eigenvalue weighted by Gasteiger charge is 2.14. The maximum atomic E-state index is 11.9. The zero-order valence-electron chi connectivity index (χ0n) is 11.3. The molecular formula is C15H19Cl2NOS. The first-order chi connectivity index (χ1) is 9.65. The third-order valence-electron chi connectivity index (χ3n) is 3.44. The van der Waals surface area contributed by atoms with Crippen molar-refractivity contribution >= 4 is 46.6 Å². The van der Waals surface area contributed by atoms with Crippen LogP contribution in [0, 0.1) is 0 Å². The van der Waals surface area contributed by atoms with Gasteiger partial charge in [0.15, 0.2) is 0 Å². The van der Waals surface area contributed by atoms with E-state index in [9.17, 15) is 4.79 Å². The van der Waals surface area contributed by atoms with E-state index in [0.717, 1.165) is 11.0 Å². The maximum Gasteiger partial charge on any atom is 0.225 e. The van der Waals surface area contributed by atoms with Crippen LogP contribution in [-0.4, -0.2) is 16.9 Å². The van der Waals surface area contributed by atoms with E-state index in [1.54, 1.807) is 18.2 Å². The van der Waals surface area contributed by atoms with Gasteiger partial charge in [-0.25, -0.2) is 0 Å². The monoisotopic (exact) mass is 331 g/mol. The Morgan fingerprint density at radius 2 is 2.00 bits per heavy atom. The summed E-state index contributed by atoms with van der Waals surface area (Å²) in [6, 6.07) is 5.09. The predicted octanol–water partition coefficient (Wildman–Crippen LogP) is 5.39. The number of amides is 1. The smallest absolute Gasteiger partial charge is 0.225 e. The summed E-state index contributed by atoms with van der Waals surface area (Å²) in [7, 11) is 0. The molecule has 0 heterocycles. The van der Waals surface area contributed by atoms with Crippen LogP contribution in [0.5, 0.6) is 0 Å². The summed E-state index contributed by atoms with van der Waals surface area (Å²) in [5, 5.41) is 4.63. The molecule has 0 radical (unpaired) electrons. The van der Waals surface area contributed by atoms with Gasteiger partial charge in [0.2, 0.25) is 5.91 Å². The second-order valence-corrected chi connectivity index (χ2v) is 7.31. The van der Waals surface area contributed by atoms with Gasteiger partial charge in [0.05, 0.1) is 10.7 Å². The Hall–Kier alpha value is -0.380. The molecule has 1 amide bonds. The van der Waals surface area contributed by atoms with Crippen molar-refractivity contribution in [1.82, 2.24) is 0 Å². The fourth-order valence-corrected chi connectivity index (χ4v) is 4.11. The zero-order valence-corrected chi connectivity index (χ0v) is 13.7. The highest BCUT2D eigenvalue weighted by atomic mass is 35.5. The van der Waals surface area contributed by atoms with Crippen LogP contribution in [0.3, 0.4) is 0 Å². The van der Waals surface area contributed by atoms with Gasteiger partial charge in [0.1, 0.15) is 0 Å². The molecule has 2 rings (SSSR count). The molecule has 1 fully saturated rings. The van der Waals surface area contributed by atoms with Gasteiger partial charge in [0.25, 0.3) is 0 Å². The number of rotatable bonds is 5. The highest BCUT2D eigenvalue weighted by molar-refractivity contribution is 7.99. The molecule has 1 aliphatic rings. The quantitative estimate of drug-likeness (QED) is 0.783. The molecule has 0 aromatic heterocycles. The Kier molecular flexibility index (Phi) is 6.53. The van der Waals surface area contributed by atoms with Crippen molar-refractivity contribution in [2.75, 3.05) is 11.1 Å². The number of hydrogen-bond acceptors (Lipinski definition) is 2. The van der Waals surface area contributed by atoms with Crippen LogP contribution in [0.15, 0.2) is 18.2 Å². The molecular weight excluding hydrogens is 313 g/mol. The number of carbonyl (C=O) groups is 1. The van der Waals surface area contributed by atoms with Crippen LogP contribution in [0.2, 0.25) is 10.0 Å². The summed E-state index contributed by atoms with van der Waals surface area (Å²) >= 11 is 13.8. The van der Waals surface area contributed by atoms with Gasteiger partial charge in [-0.3, -0.25) is 4.79 Å². The van der Waals surface area contributed by atoms with E-state index in [4.69, 9.17) is 23.2 Å². The summed E-state index contributed by atoms with van der Waals surface area (Å²) < 4.78 is 0. The summed E-state index contributed by atoms with van der Waals surface area (Å²) in [5.74, 6) is 0.888. The van der Waals surface area contributed by atoms with Crippen molar-refractivity contribution in [2.24, 2.45) is 0 Å². The minimum Gasteiger partial charge on any atom is -0.325 e. The largest absolute Gasteiger partial charge is 0.325 e.